The van der Waals surface area contributed by atoms with Crippen molar-refractivity contribution in [1.29, 1.82) is 0 Å². The molecule has 12 heteroatoms. The van der Waals surface area contributed by atoms with Gasteiger partial charge in [0.25, 0.3) is 5.91 Å². The zero-order valence-corrected chi connectivity index (χ0v) is 21.1. The fourth-order valence-corrected chi connectivity index (χ4v) is 4.31. The highest BCUT2D eigenvalue weighted by Gasteiger charge is 2.38. The zero-order valence-electron chi connectivity index (χ0n) is 21.1. The zero-order chi connectivity index (χ0) is 26.1. The van der Waals surface area contributed by atoms with E-state index in [0.717, 1.165) is 16.5 Å². The van der Waals surface area contributed by atoms with E-state index in [4.69, 9.17) is 4.99 Å². The number of urea groups is 1. The van der Waals surface area contributed by atoms with Gasteiger partial charge in [-0.3, -0.25) is 19.9 Å². The summed E-state index contributed by atoms with van der Waals surface area (Å²) in [5.74, 6) is 0.543. The summed E-state index contributed by atoms with van der Waals surface area (Å²) in [6, 6.07) is 3.18. The number of hydrogen-bond acceptors (Lipinski definition) is 8. The third-order valence-corrected chi connectivity index (χ3v) is 6.35. The van der Waals surface area contributed by atoms with E-state index in [1.54, 1.807) is 49.9 Å². The van der Waals surface area contributed by atoms with E-state index < -0.39 is 6.17 Å². The summed E-state index contributed by atoms with van der Waals surface area (Å²) in [5, 5.41) is 14.3. The highest BCUT2D eigenvalue weighted by atomic mass is 16.2. The second-order valence-electron chi connectivity index (χ2n) is 8.89. The summed E-state index contributed by atoms with van der Waals surface area (Å²) in [5.41, 5.74) is 3.98. The summed E-state index contributed by atoms with van der Waals surface area (Å²) in [6.07, 6.45) is 7.96. The second kappa shape index (κ2) is 9.80. The Morgan fingerprint density at radius 3 is 2.62 bits per heavy atom. The lowest BCUT2D eigenvalue weighted by molar-refractivity contribution is -0.127. The standard InChI is InChI=1S/C25H28N10O2/c1-5-35(6-2)24(36)17-7-8-27-22-19(17)30-23(31-22)20-18-10-15(12-28-21(18)33-32-20)14-9-16(13-26-11-14)29-25(37)34(3)4/h7-13,19,22H,5-6H2,1-4H3,(H,29,37)(H,30,31)(H,28,32,33). The van der Waals surface area contributed by atoms with Gasteiger partial charge in [-0.25, -0.2) is 14.8 Å². The van der Waals surface area contributed by atoms with Crippen LogP contribution < -0.4 is 10.6 Å². The Labute approximate surface area is 213 Å². The minimum atomic E-state index is -0.440. The minimum absolute atomic E-state index is 0.0257. The van der Waals surface area contributed by atoms with Gasteiger partial charge in [0, 0.05) is 62.5 Å². The van der Waals surface area contributed by atoms with E-state index in [-0.39, 0.29) is 18.0 Å². The number of aromatic amines is 1. The van der Waals surface area contributed by atoms with E-state index in [1.165, 1.54) is 4.90 Å². The predicted molar refractivity (Wildman–Crippen MR) is 142 cm³/mol. The number of anilines is 1. The molecule has 0 radical (unpaired) electrons. The molecule has 2 atom stereocenters. The van der Waals surface area contributed by atoms with Gasteiger partial charge in [0.15, 0.2) is 11.8 Å². The van der Waals surface area contributed by atoms with E-state index in [0.29, 0.717) is 41.5 Å². The number of H-pyrrole nitrogens is 1. The molecular formula is C25H28N10O2. The summed E-state index contributed by atoms with van der Waals surface area (Å²) >= 11 is 0. The van der Waals surface area contributed by atoms with Gasteiger partial charge in [-0.2, -0.15) is 5.10 Å². The molecule has 3 aromatic rings. The number of fused-ring (bicyclic) bond motifs is 2. The van der Waals surface area contributed by atoms with Crippen LogP contribution in [0, 0.1) is 0 Å². The van der Waals surface area contributed by atoms with E-state index in [9.17, 15) is 9.59 Å². The van der Waals surface area contributed by atoms with Crippen LogP contribution in [0.25, 0.3) is 22.2 Å². The molecule has 0 spiro atoms. The van der Waals surface area contributed by atoms with Crippen LogP contribution in [-0.4, -0.2) is 93.3 Å². The van der Waals surface area contributed by atoms with Crippen molar-refractivity contribution in [2.24, 2.45) is 9.98 Å². The summed E-state index contributed by atoms with van der Waals surface area (Å²) in [6.45, 7) is 5.18. The van der Waals surface area contributed by atoms with Crippen molar-refractivity contribution >= 4 is 40.7 Å². The Hall–Kier alpha value is -4.61. The molecule has 5 rings (SSSR count). The highest BCUT2D eigenvalue weighted by molar-refractivity contribution is 6.10. The Morgan fingerprint density at radius 1 is 1.08 bits per heavy atom. The fourth-order valence-electron chi connectivity index (χ4n) is 4.31. The molecule has 2 aliphatic heterocycles. The van der Waals surface area contributed by atoms with Crippen LogP contribution in [0.2, 0.25) is 0 Å². The number of pyridine rings is 2. The normalized spacial score (nSPS) is 18.1. The molecule has 0 fully saturated rings. The lowest BCUT2D eigenvalue weighted by Gasteiger charge is -2.26. The van der Waals surface area contributed by atoms with Gasteiger partial charge in [-0.1, -0.05) is 0 Å². The molecule has 0 aliphatic carbocycles. The summed E-state index contributed by atoms with van der Waals surface area (Å²) in [4.78, 5) is 46.3. The Balaban J connectivity index is 1.44. The molecule has 37 heavy (non-hydrogen) atoms. The van der Waals surface area contributed by atoms with Gasteiger partial charge in [-0.15, -0.1) is 0 Å². The maximum absolute atomic E-state index is 13.1. The molecule has 3 amide bonds. The van der Waals surface area contributed by atoms with Gasteiger partial charge in [-0.05, 0) is 32.1 Å². The molecule has 2 aliphatic rings. The SMILES string of the molecule is CCN(CC)C(=O)C1=CC=NC2N=C(c3[nH]nc4ncc(-c5cncc(NC(=O)N(C)C)c5)cc34)NC12. The average Bonchev–Trinajstić information content (AvgIpc) is 3.53. The number of aromatic nitrogens is 4. The Bertz CT molecular complexity index is 1450. The van der Waals surface area contributed by atoms with Crippen LogP contribution in [0.15, 0.2) is 52.4 Å². The number of hydrogen-bond donors (Lipinski definition) is 3. The molecule has 0 saturated heterocycles. The first-order valence-corrected chi connectivity index (χ1v) is 12.0. The van der Waals surface area contributed by atoms with E-state index in [2.05, 4.69) is 35.8 Å². The van der Waals surface area contributed by atoms with E-state index >= 15 is 0 Å². The molecule has 0 aromatic carbocycles. The van der Waals surface area contributed by atoms with Crippen molar-refractivity contribution in [2.75, 3.05) is 32.5 Å². The molecular weight excluding hydrogens is 472 g/mol. The quantitative estimate of drug-likeness (QED) is 0.473. The van der Waals surface area contributed by atoms with Crippen molar-refractivity contribution in [1.82, 2.24) is 35.3 Å². The first-order chi connectivity index (χ1) is 17.9. The molecule has 2 unspecified atom stereocenters. The number of nitrogens with zero attached hydrogens (tertiary/aromatic N) is 7. The molecule has 3 N–H and O–H groups in total. The van der Waals surface area contributed by atoms with Crippen LogP contribution in [0.4, 0.5) is 10.5 Å². The molecule has 0 bridgehead atoms. The topological polar surface area (TPSA) is 144 Å². The molecule has 5 heterocycles. The van der Waals surface area contributed by atoms with Crippen LogP contribution in [-0.2, 0) is 4.79 Å². The number of amidine groups is 1. The molecule has 0 saturated carbocycles. The number of carbonyl (C=O) groups is 2. The van der Waals surface area contributed by atoms with Crippen molar-refractivity contribution in [2.45, 2.75) is 26.1 Å². The highest BCUT2D eigenvalue weighted by Crippen LogP contribution is 2.28. The Morgan fingerprint density at radius 2 is 1.86 bits per heavy atom. The monoisotopic (exact) mass is 500 g/mol. The van der Waals surface area contributed by atoms with Crippen LogP contribution in [0.5, 0.6) is 0 Å². The van der Waals surface area contributed by atoms with Crippen LogP contribution in [0.3, 0.4) is 0 Å². The largest absolute Gasteiger partial charge is 0.357 e. The van der Waals surface area contributed by atoms with Gasteiger partial charge in [0.1, 0.15) is 17.6 Å². The van der Waals surface area contributed by atoms with Crippen molar-refractivity contribution < 1.29 is 9.59 Å². The minimum Gasteiger partial charge on any atom is -0.357 e. The Kier molecular flexibility index (Phi) is 6.38. The maximum atomic E-state index is 13.1. The number of amides is 3. The second-order valence-corrected chi connectivity index (χ2v) is 8.89. The number of likely N-dealkylation sites (N-methyl/N-ethyl adjacent to an activating group) is 1. The predicted octanol–water partition coefficient (Wildman–Crippen LogP) is 2.04. The van der Waals surface area contributed by atoms with Gasteiger partial charge >= 0.3 is 6.03 Å². The first kappa shape index (κ1) is 24.1. The number of rotatable bonds is 6. The van der Waals surface area contributed by atoms with Gasteiger partial charge < -0.3 is 20.4 Å². The van der Waals surface area contributed by atoms with Gasteiger partial charge in [0.2, 0.25) is 0 Å². The van der Waals surface area contributed by atoms with E-state index in [1.807, 2.05) is 26.0 Å². The first-order valence-electron chi connectivity index (χ1n) is 12.0. The van der Waals surface area contributed by atoms with Gasteiger partial charge in [0.05, 0.1) is 17.3 Å². The van der Waals surface area contributed by atoms with Crippen molar-refractivity contribution in [3.05, 3.63) is 48.1 Å². The fraction of sp³-hybridized carbons (Fsp3) is 0.320. The molecule has 12 nitrogen and oxygen atoms in total. The number of nitrogens with one attached hydrogen (secondary N) is 3. The summed E-state index contributed by atoms with van der Waals surface area (Å²) in [7, 11) is 3.34. The van der Waals surface area contributed by atoms with Crippen LogP contribution >= 0.6 is 0 Å². The molecule has 3 aromatic heterocycles. The maximum Gasteiger partial charge on any atom is 0.321 e. The number of allylic oxidation sites excluding steroid dienone is 1. The van der Waals surface area contributed by atoms with Crippen molar-refractivity contribution in [3.8, 4) is 11.1 Å². The number of aliphatic imine (C=N–C) groups is 2. The number of carbonyl (C=O) groups excluding carboxylic acids is 2. The third kappa shape index (κ3) is 4.53. The smallest absolute Gasteiger partial charge is 0.321 e. The number of dihydropyridines is 1. The molecule has 190 valence electrons. The average molecular weight is 501 g/mol. The lowest BCUT2D eigenvalue weighted by Crippen LogP contribution is -2.44. The third-order valence-electron chi connectivity index (χ3n) is 6.35. The lowest BCUT2D eigenvalue weighted by atomic mass is 10.0. The summed E-state index contributed by atoms with van der Waals surface area (Å²) < 4.78 is 0. The van der Waals surface area contributed by atoms with Crippen LogP contribution in [0.1, 0.15) is 19.5 Å². The van der Waals surface area contributed by atoms with Crippen molar-refractivity contribution in [3.63, 3.8) is 0 Å².